The fourth-order valence-corrected chi connectivity index (χ4v) is 6.49. The molecular weight excluding hydrogens is 548 g/mol. The van der Waals surface area contributed by atoms with E-state index >= 15 is 0 Å². The summed E-state index contributed by atoms with van der Waals surface area (Å²) in [6, 6.07) is 19.5. The van der Waals surface area contributed by atoms with Gasteiger partial charge in [0, 0.05) is 39.8 Å². The number of hydrogen-bond acceptors (Lipinski definition) is 4. The summed E-state index contributed by atoms with van der Waals surface area (Å²) < 4.78 is 27.9. The van der Waals surface area contributed by atoms with Crippen molar-refractivity contribution in [2.45, 2.75) is 44.2 Å². The number of halogens is 1. The molecule has 2 amide bonds. The predicted molar refractivity (Wildman–Crippen MR) is 155 cm³/mol. The average Bonchev–Trinajstić information content (AvgIpc) is 3.35. The van der Waals surface area contributed by atoms with Crippen molar-refractivity contribution in [2.75, 3.05) is 0 Å². The summed E-state index contributed by atoms with van der Waals surface area (Å²) in [4.78, 5) is 31.5. The molecule has 2 atom stereocenters. The lowest BCUT2D eigenvalue weighted by atomic mass is 9.93. The third kappa shape index (κ3) is 4.89. The smallest absolute Gasteiger partial charge is 0.257 e. The molecule has 0 aliphatic carbocycles. The molecule has 208 valence electrons. The van der Waals surface area contributed by atoms with Crippen LogP contribution in [-0.4, -0.2) is 35.7 Å². The molecule has 1 aliphatic rings. The maximum Gasteiger partial charge on any atom is 0.257 e. The molecular formula is C30H31ClN4O4S. The molecule has 0 spiro atoms. The summed E-state index contributed by atoms with van der Waals surface area (Å²) in [6.45, 7) is 5.94. The number of para-hydroxylation sites is 1. The van der Waals surface area contributed by atoms with Gasteiger partial charge in [-0.15, -0.1) is 4.83 Å². The number of nitrogens with one attached hydrogen (secondary N) is 2. The van der Waals surface area contributed by atoms with Gasteiger partial charge in [-0.3, -0.25) is 15.0 Å². The lowest BCUT2D eigenvalue weighted by Gasteiger charge is -2.34. The van der Waals surface area contributed by atoms with Gasteiger partial charge in [-0.05, 0) is 61.2 Å². The highest BCUT2D eigenvalue weighted by atomic mass is 35.5. The number of amides is 2. The Labute approximate surface area is 239 Å². The summed E-state index contributed by atoms with van der Waals surface area (Å²) in [6.07, 6.45) is 0.328. The molecule has 0 bridgehead atoms. The van der Waals surface area contributed by atoms with Crippen LogP contribution in [0.15, 0.2) is 77.7 Å². The number of benzene rings is 3. The van der Waals surface area contributed by atoms with Crippen LogP contribution in [0.3, 0.4) is 0 Å². The first-order valence-electron chi connectivity index (χ1n) is 13.0. The van der Waals surface area contributed by atoms with Crippen LogP contribution in [0, 0.1) is 12.8 Å². The van der Waals surface area contributed by atoms with Crippen LogP contribution in [0.25, 0.3) is 10.9 Å². The minimum atomic E-state index is -4.07. The maximum atomic E-state index is 14.0. The average molecular weight is 579 g/mol. The number of fused-ring (bicyclic) bond motifs is 2. The number of carbonyl (C=O) groups is 2. The fraction of sp³-hybridized carbons (Fsp3) is 0.267. The van der Waals surface area contributed by atoms with Crippen molar-refractivity contribution in [1.82, 2.24) is 19.7 Å². The van der Waals surface area contributed by atoms with Gasteiger partial charge in [0.05, 0.1) is 10.9 Å². The highest BCUT2D eigenvalue weighted by Gasteiger charge is 2.45. The predicted octanol–water partition coefficient (Wildman–Crippen LogP) is 5.11. The van der Waals surface area contributed by atoms with E-state index in [1.165, 1.54) is 24.3 Å². The molecule has 4 aromatic rings. The Kier molecular flexibility index (Phi) is 7.48. The van der Waals surface area contributed by atoms with Crippen LogP contribution >= 0.6 is 11.6 Å². The zero-order valence-electron chi connectivity index (χ0n) is 22.7. The van der Waals surface area contributed by atoms with Crippen molar-refractivity contribution >= 4 is 44.3 Å². The molecule has 0 fully saturated rings. The number of hydrazine groups is 1. The monoisotopic (exact) mass is 578 g/mol. The zero-order valence-corrected chi connectivity index (χ0v) is 24.3. The van der Waals surface area contributed by atoms with Gasteiger partial charge in [0.25, 0.3) is 21.8 Å². The standard InChI is InChI=1S/C30H31ClN4O4S/c1-18(2)17-26(29(36)32-33-40(38,39)21-15-13-20(31)14-16-21)35-28(22-9-5-6-10-23(22)30(35)37)27-19(3)34(4)25-12-8-7-11-24(25)27/h5-16,18,26,28,33H,17H2,1-4H3,(H,32,36). The van der Waals surface area contributed by atoms with Gasteiger partial charge in [-0.1, -0.05) is 61.8 Å². The highest BCUT2D eigenvalue weighted by molar-refractivity contribution is 7.89. The van der Waals surface area contributed by atoms with Crippen LogP contribution in [0.4, 0.5) is 0 Å². The Hall–Kier alpha value is -3.66. The number of sulfonamides is 1. The second-order valence-corrected chi connectivity index (χ2v) is 12.6. The number of carbonyl (C=O) groups excluding carboxylic acids is 2. The highest BCUT2D eigenvalue weighted by Crippen LogP contribution is 2.45. The molecule has 0 radical (unpaired) electrons. The van der Waals surface area contributed by atoms with Crippen molar-refractivity contribution in [3.05, 3.63) is 100 Å². The van der Waals surface area contributed by atoms with Gasteiger partial charge < -0.3 is 9.47 Å². The Morgan fingerprint density at radius 3 is 2.35 bits per heavy atom. The van der Waals surface area contributed by atoms with Gasteiger partial charge in [-0.2, -0.15) is 0 Å². The zero-order chi connectivity index (χ0) is 28.8. The van der Waals surface area contributed by atoms with E-state index in [0.29, 0.717) is 17.0 Å². The Bertz CT molecular complexity index is 1710. The summed E-state index contributed by atoms with van der Waals surface area (Å²) >= 11 is 5.89. The van der Waals surface area contributed by atoms with E-state index in [1.54, 1.807) is 11.0 Å². The van der Waals surface area contributed by atoms with Crippen LogP contribution in [-0.2, 0) is 21.9 Å². The van der Waals surface area contributed by atoms with Crippen LogP contribution < -0.4 is 10.3 Å². The molecule has 1 aromatic heterocycles. The van der Waals surface area contributed by atoms with E-state index in [1.807, 2.05) is 70.3 Å². The first-order chi connectivity index (χ1) is 19.0. The number of rotatable bonds is 8. The number of aromatic nitrogens is 1. The number of nitrogens with zero attached hydrogens (tertiary/aromatic N) is 2. The maximum absolute atomic E-state index is 14.0. The largest absolute Gasteiger partial charge is 0.348 e. The van der Waals surface area contributed by atoms with Crippen molar-refractivity contribution < 1.29 is 18.0 Å². The van der Waals surface area contributed by atoms with Crippen LogP contribution in [0.1, 0.15) is 53.5 Å². The van der Waals surface area contributed by atoms with Gasteiger partial charge in [-0.25, -0.2) is 8.42 Å². The third-order valence-electron chi connectivity index (χ3n) is 7.49. The van der Waals surface area contributed by atoms with E-state index in [4.69, 9.17) is 11.6 Å². The quantitative estimate of drug-likeness (QED) is 0.284. The SMILES string of the molecule is Cc1c(C2c3ccccc3C(=O)N2C(CC(C)C)C(=O)NNS(=O)(=O)c2ccc(Cl)cc2)c2ccccc2n1C. The fourth-order valence-electron chi connectivity index (χ4n) is 5.51. The molecule has 8 nitrogen and oxygen atoms in total. The van der Waals surface area contributed by atoms with E-state index in [0.717, 1.165) is 27.7 Å². The van der Waals surface area contributed by atoms with E-state index in [-0.39, 0.29) is 16.7 Å². The summed E-state index contributed by atoms with van der Waals surface area (Å²) in [5.41, 5.74) is 6.68. The Morgan fingerprint density at radius 1 is 1.00 bits per heavy atom. The molecule has 0 saturated heterocycles. The van der Waals surface area contributed by atoms with Gasteiger partial charge in [0.15, 0.2) is 0 Å². The first-order valence-corrected chi connectivity index (χ1v) is 14.9. The van der Waals surface area contributed by atoms with E-state index in [9.17, 15) is 18.0 Å². The Balaban J connectivity index is 1.57. The summed E-state index contributed by atoms with van der Waals surface area (Å²) in [5.74, 6) is -0.848. The minimum Gasteiger partial charge on any atom is -0.348 e. The minimum absolute atomic E-state index is 0.0365. The lowest BCUT2D eigenvalue weighted by molar-refractivity contribution is -0.127. The summed E-state index contributed by atoms with van der Waals surface area (Å²) in [5, 5.41) is 1.39. The van der Waals surface area contributed by atoms with Gasteiger partial charge in [0.1, 0.15) is 6.04 Å². The molecule has 10 heteroatoms. The number of aryl methyl sites for hydroxylation is 1. The molecule has 40 heavy (non-hydrogen) atoms. The third-order valence-corrected chi connectivity index (χ3v) is 9.00. The first kappa shape index (κ1) is 27.9. The van der Waals surface area contributed by atoms with Crippen molar-refractivity contribution in [3.63, 3.8) is 0 Å². The molecule has 1 aliphatic heterocycles. The molecule has 2 heterocycles. The molecule has 5 rings (SSSR count). The van der Waals surface area contributed by atoms with Crippen molar-refractivity contribution in [2.24, 2.45) is 13.0 Å². The van der Waals surface area contributed by atoms with E-state index < -0.39 is 28.0 Å². The van der Waals surface area contributed by atoms with Gasteiger partial charge >= 0.3 is 0 Å². The molecule has 2 N–H and O–H groups in total. The Morgan fingerprint density at radius 2 is 1.65 bits per heavy atom. The van der Waals surface area contributed by atoms with Crippen molar-refractivity contribution in [3.8, 4) is 0 Å². The van der Waals surface area contributed by atoms with Gasteiger partial charge in [0.2, 0.25) is 0 Å². The van der Waals surface area contributed by atoms with Crippen LogP contribution in [0.2, 0.25) is 5.02 Å². The lowest BCUT2D eigenvalue weighted by Crippen LogP contribution is -2.53. The summed E-state index contributed by atoms with van der Waals surface area (Å²) in [7, 11) is -2.09. The van der Waals surface area contributed by atoms with E-state index in [2.05, 4.69) is 14.8 Å². The normalized spacial score (nSPS) is 16.0. The second kappa shape index (κ2) is 10.7. The molecule has 2 unspecified atom stereocenters. The molecule has 0 saturated carbocycles. The second-order valence-electron chi connectivity index (χ2n) is 10.5. The topological polar surface area (TPSA) is 101 Å². The van der Waals surface area contributed by atoms with Crippen LogP contribution in [0.5, 0.6) is 0 Å². The molecule has 3 aromatic carbocycles. The van der Waals surface area contributed by atoms with Crippen molar-refractivity contribution in [1.29, 1.82) is 0 Å². The number of hydrogen-bond donors (Lipinski definition) is 2.